The van der Waals surface area contributed by atoms with Gasteiger partial charge in [0.15, 0.2) is 0 Å². The highest BCUT2D eigenvalue weighted by atomic mass is 16.5. The molecule has 2 amide bonds. The number of anilines is 2. The number of methoxy groups -OCH3 is 1. The number of carbonyl (C=O) groups is 3. The van der Waals surface area contributed by atoms with Crippen LogP contribution in [0.25, 0.3) is 0 Å². The van der Waals surface area contributed by atoms with Gasteiger partial charge in [-0.25, -0.2) is 4.79 Å². The van der Waals surface area contributed by atoms with Gasteiger partial charge in [0.25, 0.3) is 5.91 Å². The van der Waals surface area contributed by atoms with Crippen molar-refractivity contribution in [2.75, 3.05) is 50.1 Å². The molecule has 0 aromatic heterocycles. The molecule has 1 saturated heterocycles. The van der Waals surface area contributed by atoms with Crippen LogP contribution in [0.5, 0.6) is 5.75 Å². The van der Waals surface area contributed by atoms with Crippen molar-refractivity contribution in [3.05, 3.63) is 53.6 Å². The third-order valence-electron chi connectivity index (χ3n) is 5.39. The molecule has 9 heteroatoms. The van der Waals surface area contributed by atoms with Crippen LogP contribution < -0.4 is 20.3 Å². The van der Waals surface area contributed by atoms with E-state index in [1.807, 2.05) is 13.8 Å². The number of carbonyl (C=O) groups excluding carboxylic acids is 2. The van der Waals surface area contributed by atoms with Gasteiger partial charge in [-0.1, -0.05) is 0 Å². The first kappa shape index (κ1) is 24.1. The Bertz CT molecular complexity index is 998. The van der Waals surface area contributed by atoms with Crippen LogP contribution in [0.3, 0.4) is 0 Å². The molecule has 176 valence electrons. The number of hydrogen-bond acceptors (Lipinski definition) is 6. The van der Waals surface area contributed by atoms with Crippen LogP contribution >= 0.6 is 0 Å². The Hall–Kier alpha value is -3.59. The molecular weight excluding hydrogens is 424 g/mol. The number of aromatic carboxylic acids is 1. The Morgan fingerprint density at radius 3 is 2.27 bits per heavy atom. The van der Waals surface area contributed by atoms with Crippen molar-refractivity contribution in [1.82, 2.24) is 10.2 Å². The van der Waals surface area contributed by atoms with E-state index in [4.69, 9.17) is 4.74 Å². The minimum atomic E-state index is -1.12. The van der Waals surface area contributed by atoms with Crippen LogP contribution in [0.4, 0.5) is 11.4 Å². The van der Waals surface area contributed by atoms with Gasteiger partial charge in [-0.15, -0.1) is 0 Å². The van der Waals surface area contributed by atoms with Gasteiger partial charge in [0.1, 0.15) is 5.75 Å². The molecule has 0 unspecified atom stereocenters. The summed E-state index contributed by atoms with van der Waals surface area (Å²) in [5.41, 5.74) is 1.42. The molecule has 33 heavy (non-hydrogen) atoms. The second kappa shape index (κ2) is 10.8. The standard InChI is InChI=1S/C24H30N4O5/c1-16(2)25-22(29)15-27-10-12-28(13-11-27)18-6-9-21(20(14-18)24(31)32)26-23(30)17-4-7-19(33-3)8-5-17/h4-9,14,16H,10-13,15H2,1-3H3,(H,25,29)(H,26,30)(H,31,32). The van der Waals surface area contributed by atoms with E-state index < -0.39 is 11.9 Å². The zero-order valence-electron chi connectivity index (χ0n) is 19.1. The van der Waals surface area contributed by atoms with Crippen LogP contribution in [-0.2, 0) is 4.79 Å². The number of piperazine rings is 1. The second-order valence-corrected chi connectivity index (χ2v) is 8.20. The molecule has 1 aliphatic rings. The number of rotatable bonds is 8. The lowest BCUT2D eigenvalue weighted by Gasteiger charge is -2.36. The van der Waals surface area contributed by atoms with Crippen molar-refractivity contribution < 1.29 is 24.2 Å². The number of carboxylic acid groups (broad SMARTS) is 1. The summed E-state index contributed by atoms with van der Waals surface area (Å²) in [6.45, 7) is 6.95. The van der Waals surface area contributed by atoms with Gasteiger partial charge in [0.2, 0.25) is 5.91 Å². The zero-order chi connectivity index (χ0) is 24.0. The fraction of sp³-hybridized carbons (Fsp3) is 0.375. The SMILES string of the molecule is COc1ccc(C(=O)Nc2ccc(N3CCN(CC(=O)NC(C)C)CC3)cc2C(=O)O)cc1. The Morgan fingerprint density at radius 2 is 1.70 bits per heavy atom. The van der Waals surface area contributed by atoms with E-state index in [1.54, 1.807) is 49.6 Å². The quantitative estimate of drug-likeness (QED) is 0.561. The molecule has 9 nitrogen and oxygen atoms in total. The van der Waals surface area contributed by atoms with Crippen LogP contribution in [-0.4, -0.2) is 73.7 Å². The molecule has 1 heterocycles. The lowest BCUT2D eigenvalue weighted by atomic mass is 10.1. The second-order valence-electron chi connectivity index (χ2n) is 8.20. The van der Waals surface area contributed by atoms with Gasteiger partial charge >= 0.3 is 5.97 Å². The highest BCUT2D eigenvalue weighted by molar-refractivity contribution is 6.08. The van der Waals surface area contributed by atoms with Gasteiger partial charge in [0, 0.05) is 43.5 Å². The molecule has 0 atom stereocenters. The number of benzene rings is 2. The van der Waals surface area contributed by atoms with Gasteiger partial charge in [-0.2, -0.15) is 0 Å². The van der Waals surface area contributed by atoms with Crippen molar-refractivity contribution in [2.24, 2.45) is 0 Å². The third kappa shape index (κ3) is 6.45. The molecule has 0 bridgehead atoms. The number of carboxylic acids is 1. The lowest BCUT2D eigenvalue weighted by Crippen LogP contribution is -2.50. The summed E-state index contributed by atoms with van der Waals surface area (Å²) in [5.74, 6) is -0.890. The van der Waals surface area contributed by atoms with Crippen molar-refractivity contribution in [3.8, 4) is 5.75 Å². The third-order valence-corrected chi connectivity index (χ3v) is 5.39. The number of amides is 2. The molecule has 3 rings (SSSR count). The van der Waals surface area contributed by atoms with Crippen LogP contribution in [0.2, 0.25) is 0 Å². The first-order valence-corrected chi connectivity index (χ1v) is 10.9. The summed E-state index contributed by atoms with van der Waals surface area (Å²) >= 11 is 0. The average molecular weight is 455 g/mol. The first-order valence-electron chi connectivity index (χ1n) is 10.9. The van der Waals surface area contributed by atoms with Gasteiger partial charge in [-0.3, -0.25) is 14.5 Å². The Labute approximate surface area is 193 Å². The molecule has 2 aromatic rings. The van der Waals surface area contributed by atoms with Gasteiger partial charge < -0.3 is 25.4 Å². The average Bonchev–Trinajstić information content (AvgIpc) is 2.79. The minimum Gasteiger partial charge on any atom is -0.497 e. The molecule has 2 aromatic carbocycles. The molecule has 1 fully saturated rings. The normalized spacial score (nSPS) is 14.1. The van der Waals surface area contributed by atoms with E-state index in [0.29, 0.717) is 44.0 Å². The molecule has 0 aliphatic carbocycles. The smallest absolute Gasteiger partial charge is 0.337 e. The molecule has 0 radical (unpaired) electrons. The molecular formula is C24H30N4O5. The lowest BCUT2D eigenvalue weighted by molar-refractivity contribution is -0.122. The van der Waals surface area contributed by atoms with Crippen molar-refractivity contribution in [3.63, 3.8) is 0 Å². The van der Waals surface area contributed by atoms with Crippen molar-refractivity contribution in [2.45, 2.75) is 19.9 Å². The summed E-state index contributed by atoms with van der Waals surface area (Å²) in [6.07, 6.45) is 0. The summed E-state index contributed by atoms with van der Waals surface area (Å²) < 4.78 is 5.09. The van der Waals surface area contributed by atoms with E-state index in [-0.39, 0.29) is 23.2 Å². The summed E-state index contributed by atoms with van der Waals surface area (Å²) in [5, 5.41) is 15.3. The number of nitrogens with one attached hydrogen (secondary N) is 2. The highest BCUT2D eigenvalue weighted by Gasteiger charge is 2.22. The van der Waals surface area contributed by atoms with Gasteiger partial charge in [-0.05, 0) is 56.3 Å². The van der Waals surface area contributed by atoms with E-state index in [9.17, 15) is 19.5 Å². The summed E-state index contributed by atoms with van der Waals surface area (Å²) in [6, 6.07) is 11.7. The van der Waals surface area contributed by atoms with E-state index in [2.05, 4.69) is 20.4 Å². The Morgan fingerprint density at radius 1 is 1.03 bits per heavy atom. The molecule has 0 saturated carbocycles. The predicted octanol–water partition coefficient (Wildman–Crippen LogP) is 2.29. The maximum Gasteiger partial charge on any atom is 0.337 e. The Balaban J connectivity index is 1.66. The monoisotopic (exact) mass is 454 g/mol. The molecule has 0 spiro atoms. The van der Waals surface area contributed by atoms with Crippen LogP contribution in [0.15, 0.2) is 42.5 Å². The zero-order valence-corrected chi connectivity index (χ0v) is 19.1. The fourth-order valence-electron chi connectivity index (χ4n) is 3.69. The largest absolute Gasteiger partial charge is 0.497 e. The van der Waals surface area contributed by atoms with E-state index >= 15 is 0 Å². The van der Waals surface area contributed by atoms with Crippen LogP contribution in [0.1, 0.15) is 34.6 Å². The summed E-state index contributed by atoms with van der Waals surface area (Å²) in [4.78, 5) is 40.6. The minimum absolute atomic E-state index is 0.00330. The fourth-order valence-corrected chi connectivity index (χ4v) is 3.69. The number of ether oxygens (including phenoxy) is 1. The van der Waals surface area contributed by atoms with E-state index in [0.717, 1.165) is 5.69 Å². The predicted molar refractivity (Wildman–Crippen MR) is 126 cm³/mol. The number of hydrogen-bond donors (Lipinski definition) is 3. The Kier molecular flexibility index (Phi) is 7.89. The number of nitrogens with zero attached hydrogens (tertiary/aromatic N) is 2. The van der Waals surface area contributed by atoms with Crippen LogP contribution in [0, 0.1) is 0 Å². The van der Waals surface area contributed by atoms with Crippen molar-refractivity contribution in [1.29, 1.82) is 0 Å². The maximum atomic E-state index is 12.6. The molecule has 1 aliphatic heterocycles. The van der Waals surface area contributed by atoms with Gasteiger partial charge in [0.05, 0.1) is 24.9 Å². The first-order chi connectivity index (χ1) is 15.8. The molecule has 3 N–H and O–H groups in total. The maximum absolute atomic E-state index is 12.6. The topological polar surface area (TPSA) is 111 Å². The summed E-state index contributed by atoms with van der Waals surface area (Å²) in [7, 11) is 1.54. The highest BCUT2D eigenvalue weighted by Crippen LogP contribution is 2.25. The van der Waals surface area contributed by atoms with E-state index in [1.165, 1.54) is 0 Å². The van der Waals surface area contributed by atoms with Crippen molar-refractivity contribution >= 4 is 29.2 Å².